The Morgan fingerprint density at radius 3 is 2.31 bits per heavy atom. The van der Waals surface area contributed by atoms with E-state index in [1.54, 1.807) is 45.0 Å². The van der Waals surface area contributed by atoms with E-state index in [0.29, 0.717) is 47.6 Å². The van der Waals surface area contributed by atoms with E-state index in [-0.39, 0.29) is 29.1 Å². The number of anilines is 1. The maximum Gasteiger partial charge on any atom is 0.267 e. The van der Waals surface area contributed by atoms with E-state index in [9.17, 15) is 19.2 Å². The second-order valence-electron chi connectivity index (χ2n) is 8.51. The van der Waals surface area contributed by atoms with Crippen molar-refractivity contribution in [3.8, 4) is 6.07 Å². The van der Waals surface area contributed by atoms with Crippen molar-refractivity contribution in [2.24, 2.45) is 5.92 Å². The zero-order valence-corrected chi connectivity index (χ0v) is 20.9. The maximum atomic E-state index is 13.6. The number of rotatable bonds is 4. The number of nitriles is 1. The fourth-order valence-corrected chi connectivity index (χ4v) is 5.24. The number of hydrogen-bond acceptors (Lipinski definition) is 5. The van der Waals surface area contributed by atoms with Gasteiger partial charge in [0, 0.05) is 48.2 Å². The first kappa shape index (κ1) is 24.8. The highest BCUT2D eigenvalue weighted by Gasteiger charge is 2.33. The Balaban J connectivity index is 1.67. The molecule has 35 heavy (non-hydrogen) atoms. The van der Waals surface area contributed by atoms with Crippen LogP contribution in [0.25, 0.3) is 5.70 Å². The molecule has 0 radical (unpaired) electrons. The lowest BCUT2D eigenvalue weighted by Gasteiger charge is -2.36. The van der Waals surface area contributed by atoms with E-state index >= 15 is 0 Å². The van der Waals surface area contributed by atoms with E-state index in [4.69, 9.17) is 11.6 Å². The summed E-state index contributed by atoms with van der Waals surface area (Å²) in [6.45, 7) is 5.28. The van der Waals surface area contributed by atoms with Gasteiger partial charge in [0.15, 0.2) is 0 Å². The van der Waals surface area contributed by atoms with Crippen molar-refractivity contribution in [1.82, 2.24) is 9.80 Å². The van der Waals surface area contributed by atoms with Crippen LogP contribution < -0.4 is 4.90 Å². The highest BCUT2D eigenvalue weighted by Crippen LogP contribution is 2.45. The quantitative estimate of drug-likeness (QED) is 0.423. The molecule has 0 N–H and O–H groups in total. The molecule has 0 atom stereocenters. The Bertz CT molecular complexity index is 1240. The Morgan fingerprint density at radius 1 is 1.06 bits per heavy atom. The molecular formula is C26H24ClFN4O2S. The molecule has 0 spiro atoms. The molecule has 0 aromatic heterocycles. The number of thioether (sulfide) groups is 1. The minimum absolute atomic E-state index is 0.00646. The first-order chi connectivity index (χ1) is 16.8. The van der Waals surface area contributed by atoms with E-state index in [1.165, 1.54) is 23.9 Å². The standard InChI is InChI=1S/C26H24ClFN4O2S/c1-17(2)24(33)30-10-12-31(13-11-30)25(34)22(15-29)26-32(21-5-3-4-19(27)14-21)23(16-35-26)18-6-8-20(28)9-7-18/h3-9,14,16-17H,10-13H2,1-2H3/b26-22-. The number of carbonyl (C=O) groups is 2. The summed E-state index contributed by atoms with van der Waals surface area (Å²) in [5.74, 6) is -0.783. The molecule has 0 aliphatic carbocycles. The minimum Gasteiger partial charge on any atom is -0.339 e. The second kappa shape index (κ2) is 10.5. The van der Waals surface area contributed by atoms with Gasteiger partial charge in [-0.2, -0.15) is 5.26 Å². The first-order valence-corrected chi connectivity index (χ1v) is 12.5. The average Bonchev–Trinajstić information content (AvgIpc) is 3.29. The van der Waals surface area contributed by atoms with Gasteiger partial charge in [-0.15, -0.1) is 0 Å². The average molecular weight is 511 g/mol. The first-order valence-electron chi connectivity index (χ1n) is 11.2. The van der Waals surface area contributed by atoms with Gasteiger partial charge in [0.2, 0.25) is 5.91 Å². The SMILES string of the molecule is CC(C)C(=O)N1CCN(C(=O)/C(C#N)=C2\SC=C(c3ccc(F)cc3)N2c2cccc(Cl)c2)CC1. The number of hydrogen-bond donors (Lipinski definition) is 0. The second-order valence-corrected chi connectivity index (χ2v) is 9.80. The number of piperazine rings is 1. The summed E-state index contributed by atoms with van der Waals surface area (Å²) in [6.07, 6.45) is 0. The summed E-state index contributed by atoms with van der Waals surface area (Å²) >= 11 is 7.52. The molecule has 0 unspecified atom stereocenters. The van der Waals surface area contributed by atoms with Gasteiger partial charge in [0.1, 0.15) is 22.5 Å². The molecule has 2 aliphatic rings. The molecule has 2 aromatic carbocycles. The monoisotopic (exact) mass is 510 g/mol. The summed E-state index contributed by atoms with van der Waals surface area (Å²) in [7, 11) is 0. The maximum absolute atomic E-state index is 13.6. The molecule has 2 amide bonds. The van der Waals surface area contributed by atoms with Crippen molar-refractivity contribution in [3.05, 3.63) is 80.9 Å². The van der Waals surface area contributed by atoms with E-state index in [0.717, 1.165) is 5.56 Å². The number of halogens is 2. The van der Waals surface area contributed by atoms with Crippen molar-refractivity contribution < 1.29 is 14.0 Å². The van der Waals surface area contributed by atoms with Gasteiger partial charge in [-0.05, 0) is 48.0 Å². The normalized spacial score (nSPS) is 17.4. The topological polar surface area (TPSA) is 67.6 Å². The van der Waals surface area contributed by atoms with Crippen LogP contribution in [0, 0.1) is 23.1 Å². The highest BCUT2D eigenvalue weighted by molar-refractivity contribution is 8.06. The van der Waals surface area contributed by atoms with Crippen molar-refractivity contribution in [2.75, 3.05) is 31.1 Å². The Morgan fingerprint density at radius 2 is 1.71 bits per heavy atom. The Kier molecular flexibility index (Phi) is 7.48. The molecule has 2 aliphatic heterocycles. The van der Waals surface area contributed by atoms with Gasteiger partial charge in [0.25, 0.3) is 5.91 Å². The van der Waals surface area contributed by atoms with E-state index < -0.39 is 0 Å². The Hall–Kier alpha value is -3.28. The predicted octanol–water partition coefficient (Wildman–Crippen LogP) is 5.09. The number of amides is 2. The zero-order chi connectivity index (χ0) is 25.1. The number of benzene rings is 2. The third-order valence-electron chi connectivity index (χ3n) is 5.84. The molecule has 0 bridgehead atoms. The van der Waals surface area contributed by atoms with Crippen LogP contribution in [0.2, 0.25) is 5.02 Å². The number of nitrogens with zero attached hydrogens (tertiary/aromatic N) is 4. The molecule has 1 saturated heterocycles. The van der Waals surface area contributed by atoms with Crippen LogP contribution >= 0.6 is 23.4 Å². The lowest BCUT2D eigenvalue weighted by Crippen LogP contribution is -2.52. The van der Waals surface area contributed by atoms with Gasteiger partial charge in [-0.1, -0.05) is 43.3 Å². The molecule has 2 aromatic rings. The molecule has 6 nitrogen and oxygen atoms in total. The molecule has 2 heterocycles. The molecule has 0 saturated carbocycles. The van der Waals surface area contributed by atoms with Gasteiger partial charge >= 0.3 is 0 Å². The van der Waals surface area contributed by atoms with Crippen molar-refractivity contribution in [1.29, 1.82) is 5.26 Å². The number of carbonyl (C=O) groups excluding carboxylic acids is 2. The zero-order valence-electron chi connectivity index (χ0n) is 19.4. The van der Waals surface area contributed by atoms with Gasteiger partial charge < -0.3 is 14.7 Å². The van der Waals surface area contributed by atoms with Gasteiger partial charge in [0.05, 0.1) is 5.70 Å². The van der Waals surface area contributed by atoms with Crippen molar-refractivity contribution in [3.63, 3.8) is 0 Å². The molecule has 1 fully saturated rings. The fraction of sp³-hybridized carbons (Fsp3) is 0.269. The summed E-state index contributed by atoms with van der Waals surface area (Å²) in [5.41, 5.74) is 2.13. The van der Waals surface area contributed by atoms with Crippen LogP contribution in [0.15, 0.2) is 64.5 Å². The van der Waals surface area contributed by atoms with Crippen LogP contribution in [-0.2, 0) is 9.59 Å². The third kappa shape index (κ3) is 5.21. The summed E-state index contributed by atoms with van der Waals surface area (Å²) < 4.78 is 13.6. The predicted molar refractivity (Wildman–Crippen MR) is 137 cm³/mol. The lowest BCUT2D eigenvalue weighted by atomic mass is 10.1. The highest BCUT2D eigenvalue weighted by atomic mass is 35.5. The van der Waals surface area contributed by atoms with E-state index in [1.807, 2.05) is 25.3 Å². The summed E-state index contributed by atoms with van der Waals surface area (Å²) in [5, 5.41) is 12.9. The molecule has 180 valence electrons. The van der Waals surface area contributed by atoms with Crippen LogP contribution in [0.5, 0.6) is 0 Å². The van der Waals surface area contributed by atoms with Crippen LogP contribution in [0.4, 0.5) is 10.1 Å². The largest absolute Gasteiger partial charge is 0.339 e. The van der Waals surface area contributed by atoms with Crippen LogP contribution in [-0.4, -0.2) is 47.8 Å². The summed E-state index contributed by atoms with van der Waals surface area (Å²) in [4.78, 5) is 30.9. The van der Waals surface area contributed by atoms with Crippen molar-refractivity contribution >= 4 is 46.6 Å². The molecular weight excluding hydrogens is 487 g/mol. The third-order valence-corrected chi connectivity index (χ3v) is 7.03. The van der Waals surface area contributed by atoms with Crippen LogP contribution in [0.1, 0.15) is 19.4 Å². The summed E-state index contributed by atoms with van der Waals surface area (Å²) in [6, 6.07) is 15.3. The van der Waals surface area contributed by atoms with Crippen molar-refractivity contribution in [2.45, 2.75) is 13.8 Å². The van der Waals surface area contributed by atoms with Gasteiger partial charge in [-0.3, -0.25) is 9.59 Å². The lowest BCUT2D eigenvalue weighted by molar-refractivity contribution is -0.139. The Labute approximate surface area is 213 Å². The van der Waals surface area contributed by atoms with E-state index in [2.05, 4.69) is 6.07 Å². The molecule has 4 rings (SSSR count). The molecule has 9 heteroatoms. The smallest absolute Gasteiger partial charge is 0.267 e. The minimum atomic E-state index is -0.382. The fourth-order valence-electron chi connectivity index (χ4n) is 4.03. The van der Waals surface area contributed by atoms with Crippen LogP contribution in [0.3, 0.4) is 0 Å². The van der Waals surface area contributed by atoms with Gasteiger partial charge in [-0.25, -0.2) is 4.39 Å².